The van der Waals surface area contributed by atoms with Crippen molar-refractivity contribution in [2.45, 2.75) is 13.0 Å². The fourth-order valence-electron chi connectivity index (χ4n) is 2.02. The average Bonchev–Trinajstić information content (AvgIpc) is 2.79. The van der Waals surface area contributed by atoms with Gasteiger partial charge >= 0.3 is 0 Å². The van der Waals surface area contributed by atoms with Gasteiger partial charge in [-0.05, 0) is 58.0 Å². The minimum absolute atomic E-state index is 0.181. The molecule has 18 heavy (non-hydrogen) atoms. The van der Waals surface area contributed by atoms with Gasteiger partial charge in [0.1, 0.15) is 5.75 Å². The maximum Gasteiger partial charge on any atom is 0.122 e. The van der Waals surface area contributed by atoms with Crippen LogP contribution in [-0.4, -0.2) is 14.2 Å². The van der Waals surface area contributed by atoms with Crippen molar-refractivity contribution >= 4 is 27.3 Å². The molecule has 1 aromatic carbocycles. The summed E-state index contributed by atoms with van der Waals surface area (Å²) in [5.74, 6) is 0.930. The minimum Gasteiger partial charge on any atom is -0.496 e. The molecule has 0 spiro atoms. The van der Waals surface area contributed by atoms with E-state index in [9.17, 15) is 0 Å². The first kappa shape index (κ1) is 13.6. The van der Waals surface area contributed by atoms with E-state index in [1.807, 2.05) is 7.05 Å². The zero-order chi connectivity index (χ0) is 13.1. The van der Waals surface area contributed by atoms with Gasteiger partial charge in [-0.25, -0.2) is 0 Å². The van der Waals surface area contributed by atoms with Gasteiger partial charge in [0.25, 0.3) is 0 Å². The topological polar surface area (TPSA) is 21.3 Å². The van der Waals surface area contributed by atoms with Gasteiger partial charge in [-0.15, -0.1) is 0 Å². The van der Waals surface area contributed by atoms with Crippen LogP contribution in [0.5, 0.6) is 5.75 Å². The molecule has 2 rings (SSSR count). The van der Waals surface area contributed by atoms with E-state index in [-0.39, 0.29) is 6.04 Å². The second kappa shape index (κ2) is 5.87. The average molecular weight is 326 g/mol. The van der Waals surface area contributed by atoms with Crippen LogP contribution in [0.2, 0.25) is 0 Å². The van der Waals surface area contributed by atoms with Crippen LogP contribution in [0.25, 0.3) is 0 Å². The van der Waals surface area contributed by atoms with Gasteiger partial charge in [0.05, 0.1) is 13.2 Å². The summed E-state index contributed by atoms with van der Waals surface area (Å²) in [6, 6.07) is 6.52. The van der Waals surface area contributed by atoms with Crippen LogP contribution in [-0.2, 0) is 0 Å². The third kappa shape index (κ3) is 2.60. The first-order chi connectivity index (χ1) is 8.67. The Bertz CT molecular complexity index is 538. The van der Waals surface area contributed by atoms with Gasteiger partial charge in [0.15, 0.2) is 0 Å². The summed E-state index contributed by atoms with van der Waals surface area (Å²) in [6.07, 6.45) is 0. The van der Waals surface area contributed by atoms with E-state index in [2.05, 4.69) is 57.1 Å². The summed E-state index contributed by atoms with van der Waals surface area (Å²) in [4.78, 5) is 0. The number of hydrogen-bond donors (Lipinski definition) is 1. The van der Waals surface area contributed by atoms with Gasteiger partial charge in [0, 0.05) is 9.85 Å². The van der Waals surface area contributed by atoms with Gasteiger partial charge in [-0.1, -0.05) is 12.1 Å². The van der Waals surface area contributed by atoms with Crippen molar-refractivity contribution in [2.75, 3.05) is 14.2 Å². The maximum absolute atomic E-state index is 5.39. The van der Waals surface area contributed by atoms with Crippen LogP contribution in [0.15, 0.2) is 33.4 Å². The molecule has 1 heterocycles. The molecule has 1 atom stereocenters. The maximum atomic E-state index is 5.39. The van der Waals surface area contributed by atoms with E-state index in [0.29, 0.717) is 0 Å². The first-order valence-corrected chi connectivity index (χ1v) is 7.44. The molecule has 2 aromatic rings. The molecule has 0 aliphatic rings. The largest absolute Gasteiger partial charge is 0.496 e. The molecule has 0 aliphatic heterocycles. The highest BCUT2D eigenvalue weighted by atomic mass is 79.9. The highest BCUT2D eigenvalue weighted by Gasteiger charge is 2.16. The number of halogens is 1. The zero-order valence-electron chi connectivity index (χ0n) is 10.7. The molecule has 1 unspecified atom stereocenters. The summed E-state index contributed by atoms with van der Waals surface area (Å²) in [5, 5.41) is 7.62. The van der Waals surface area contributed by atoms with Gasteiger partial charge in [-0.2, -0.15) is 11.3 Å². The normalized spacial score (nSPS) is 12.4. The Morgan fingerprint density at radius 3 is 2.67 bits per heavy atom. The smallest absolute Gasteiger partial charge is 0.122 e. The second-order valence-corrected chi connectivity index (χ2v) is 5.72. The van der Waals surface area contributed by atoms with Crippen molar-refractivity contribution < 1.29 is 4.74 Å². The Labute approximate surface area is 120 Å². The Morgan fingerprint density at radius 1 is 1.33 bits per heavy atom. The van der Waals surface area contributed by atoms with E-state index in [1.54, 1.807) is 18.4 Å². The molecule has 2 nitrogen and oxygen atoms in total. The minimum atomic E-state index is 0.181. The third-order valence-corrected chi connectivity index (χ3v) is 4.76. The molecule has 0 saturated carbocycles. The first-order valence-electron chi connectivity index (χ1n) is 5.70. The number of aryl methyl sites for hydroxylation is 1. The lowest BCUT2D eigenvalue weighted by molar-refractivity contribution is 0.410. The molecule has 0 amide bonds. The van der Waals surface area contributed by atoms with E-state index in [4.69, 9.17) is 4.74 Å². The molecular formula is C14H16BrNOS. The lowest BCUT2D eigenvalue weighted by atomic mass is 10.00. The van der Waals surface area contributed by atoms with Crippen molar-refractivity contribution in [1.82, 2.24) is 5.32 Å². The van der Waals surface area contributed by atoms with E-state index in [0.717, 1.165) is 15.8 Å². The lowest BCUT2D eigenvalue weighted by Crippen LogP contribution is -2.17. The standard InChI is InChI=1S/C14H16BrNOS/c1-9-4-5-10(6-13(9)17-3)14(16-2)11-7-18-8-12(11)15/h4-8,14,16H,1-3H3. The number of benzene rings is 1. The Hall–Kier alpha value is -0.840. The van der Waals surface area contributed by atoms with Crippen LogP contribution in [0.4, 0.5) is 0 Å². The Morgan fingerprint density at radius 2 is 2.11 bits per heavy atom. The van der Waals surface area contributed by atoms with E-state index < -0.39 is 0 Å². The zero-order valence-corrected chi connectivity index (χ0v) is 13.1. The summed E-state index contributed by atoms with van der Waals surface area (Å²) in [5.41, 5.74) is 3.62. The van der Waals surface area contributed by atoms with Crippen LogP contribution in [0.3, 0.4) is 0 Å². The summed E-state index contributed by atoms with van der Waals surface area (Å²) >= 11 is 5.29. The van der Waals surface area contributed by atoms with Crippen LogP contribution >= 0.6 is 27.3 Å². The van der Waals surface area contributed by atoms with Crippen LogP contribution in [0, 0.1) is 6.92 Å². The molecular weight excluding hydrogens is 310 g/mol. The van der Waals surface area contributed by atoms with Crippen molar-refractivity contribution in [3.63, 3.8) is 0 Å². The number of hydrogen-bond acceptors (Lipinski definition) is 3. The molecule has 0 fully saturated rings. The number of ether oxygens (including phenoxy) is 1. The van der Waals surface area contributed by atoms with E-state index >= 15 is 0 Å². The predicted molar refractivity (Wildman–Crippen MR) is 80.7 cm³/mol. The molecule has 4 heteroatoms. The van der Waals surface area contributed by atoms with Crippen LogP contribution in [0.1, 0.15) is 22.7 Å². The SMILES string of the molecule is CNC(c1ccc(C)c(OC)c1)c1cscc1Br. The Kier molecular flexibility index (Phi) is 4.43. The monoisotopic (exact) mass is 325 g/mol. The molecule has 96 valence electrons. The fourth-order valence-corrected chi connectivity index (χ4v) is 3.57. The van der Waals surface area contributed by atoms with Gasteiger partial charge in [-0.3, -0.25) is 0 Å². The lowest BCUT2D eigenvalue weighted by Gasteiger charge is -2.18. The molecule has 0 bridgehead atoms. The van der Waals surface area contributed by atoms with E-state index in [1.165, 1.54) is 11.1 Å². The third-order valence-electron chi connectivity index (χ3n) is 3.01. The second-order valence-electron chi connectivity index (χ2n) is 4.13. The predicted octanol–water partition coefficient (Wildman–Crippen LogP) is 4.14. The number of thiophene rings is 1. The Balaban J connectivity index is 2.42. The molecule has 1 N–H and O–H groups in total. The molecule has 0 radical (unpaired) electrons. The summed E-state index contributed by atoms with van der Waals surface area (Å²) < 4.78 is 6.54. The number of methoxy groups -OCH3 is 1. The fraction of sp³-hybridized carbons (Fsp3) is 0.286. The number of rotatable bonds is 4. The highest BCUT2D eigenvalue weighted by Crippen LogP contribution is 2.33. The molecule has 1 aromatic heterocycles. The quantitative estimate of drug-likeness (QED) is 0.912. The molecule has 0 saturated heterocycles. The highest BCUT2D eigenvalue weighted by molar-refractivity contribution is 9.10. The van der Waals surface area contributed by atoms with Gasteiger partial charge < -0.3 is 10.1 Å². The van der Waals surface area contributed by atoms with Crippen molar-refractivity contribution in [3.8, 4) is 5.75 Å². The van der Waals surface area contributed by atoms with Crippen molar-refractivity contribution in [2.24, 2.45) is 0 Å². The van der Waals surface area contributed by atoms with Crippen molar-refractivity contribution in [3.05, 3.63) is 50.1 Å². The van der Waals surface area contributed by atoms with Crippen LogP contribution < -0.4 is 10.1 Å². The number of nitrogens with one attached hydrogen (secondary N) is 1. The molecule has 0 aliphatic carbocycles. The summed E-state index contributed by atoms with van der Waals surface area (Å²) in [6.45, 7) is 2.05. The van der Waals surface area contributed by atoms with Crippen molar-refractivity contribution in [1.29, 1.82) is 0 Å². The van der Waals surface area contributed by atoms with Gasteiger partial charge in [0.2, 0.25) is 0 Å². The summed E-state index contributed by atoms with van der Waals surface area (Å²) in [7, 11) is 3.68.